The van der Waals surface area contributed by atoms with Crippen molar-refractivity contribution in [1.29, 1.82) is 0 Å². The lowest BCUT2D eigenvalue weighted by atomic mass is 10.1. The zero-order valence-corrected chi connectivity index (χ0v) is 16.6. The van der Waals surface area contributed by atoms with Gasteiger partial charge in [0.25, 0.3) is 0 Å². The van der Waals surface area contributed by atoms with Crippen LogP contribution in [0.25, 0.3) is 0 Å². The maximum Gasteiger partial charge on any atom is 0.311 e. The molecule has 2 aliphatic heterocycles. The number of benzene rings is 2. The van der Waals surface area contributed by atoms with Gasteiger partial charge in [-0.15, -0.1) is 11.8 Å². The summed E-state index contributed by atoms with van der Waals surface area (Å²) in [7, 11) is 0. The molecule has 0 bridgehead atoms. The molecule has 4 rings (SSSR count). The first kappa shape index (κ1) is 19.3. The molecule has 0 N–H and O–H groups in total. The Balaban J connectivity index is 1.35. The molecule has 0 unspecified atom stereocenters. The third kappa shape index (κ3) is 4.07. The highest BCUT2D eigenvalue weighted by atomic mass is 32.2. The van der Waals surface area contributed by atoms with E-state index in [4.69, 9.17) is 14.2 Å². The van der Waals surface area contributed by atoms with E-state index in [1.165, 1.54) is 0 Å². The molecular formula is C21H19NO6S. The smallest absolute Gasteiger partial charge is 0.311 e. The van der Waals surface area contributed by atoms with Crippen LogP contribution in [-0.2, 0) is 14.3 Å². The summed E-state index contributed by atoms with van der Waals surface area (Å²) in [4.78, 5) is 39.7. The summed E-state index contributed by atoms with van der Waals surface area (Å²) in [6.07, 6.45) is 2.03. The fraction of sp³-hybridized carbons (Fsp3) is 0.286. The van der Waals surface area contributed by atoms with Crippen molar-refractivity contribution in [2.75, 3.05) is 31.1 Å². The molecular weight excluding hydrogens is 394 g/mol. The quantitative estimate of drug-likeness (QED) is 0.409. The second kappa shape index (κ2) is 8.16. The average Bonchev–Trinajstić information content (AvgIpc) is 3.37. The summed E-state index contributed by atoms with van der Waals surface area (Å²) < 4.78 is 15.7. The molecule has 0 saturated carbocycles. The number of Topliss-reactive ketones (excluding diaryl/α,β-unsaturated/α-hetero) is 1. The van der Waals surface area contributed by atoms with Crippen molar-refractivity contribution in [2.45, 2.75) is 11.3 Å². The van der Waals surface area contributed by atoms with Gasteiger partial charge in [0.2, 0.25) is 12.7 Å². The number of ether oxygens (including phenoxy) is 3. The highest BCUT2D eigenvalue weighted by Gasteiger charge is 2.36. The molecule has 8 heteroatoms. The Morgan fingerprint density at radius 1 is 1.17 bits per heavy atom. The van der Waals surface area contributed by atoms with Crippen LogP contribution < -0.4 is 14.4 Å². The lowest BCUT2D eigenvalue weighted by Crippen LogP contribution is -2.27. The molecule has 2 aliphatic rings. The Labute approximate surface area is 171 Å². The maximum absolute atomic E-state index is 12.4. The van der Waals surface area contributed by atoms with Crippen molar-refractivity contribution in [3.63, 3.8) is 0 Å². The summed E-state index contributed by atoms with van der Waals surface area (Å²) in [6, 6.07) is 12.4. The van der Waals surface area contributed by atoms with Crippen LogP contribution in [0.5, 0.6) is 11.5 Å². The minimum atomic E-state index is -0.593. The number of anilines is 1. The zero-order valence-electron chi connectivity index (χ0n) is 15.8. The van der Waals surface area contributed by atoms with E-state index in [2.05, 4.69) is 0 Å². The molecule has 1 fully saturated rings. The zero-order chi connectivity index (χ0) is 20.4. The van der Waals surface area contributed by atoms with Gasteiger partial charge in [0.05, 0.1) is 5.92 Å². The molecule has 150 valence electrons. The first-order valence-corrected chi connectivity index (χ1v) is 10.3. The van der Waals surface area contributed by atoms with Crippen LogP contribution in [0.2, 0.25) is 0 Å². The van der Waals surface area contributed by atoms with Gasteiger partial charge >= 0.3 is 5.97 Å². The predicted octanol–water partition coefficient (Wildman–Crippen LogP) is 2.92. The molecule has 1 amide bonds. The largest absolute Gasteiger partial charge is 0.457 e. The van der Waals surface area contributed by atoms with Crippen LogP contribution >= 0.6 is 11.8 Å². The minimum absolute atomic E-state index is 0.0700. The Hall–Kier alpha value is -3.00. The van der Waals surface area contributed by atoms with E-state index in [9.17, 15) is 14.4 Å². The number of carbonyl (C=O) groups excluding carboxylic acids is 3. The van der Waals surface area contributed by atoms with E-state index in [-0.39, 0.29) is 38.1 Å². The molecule has 2 heterocycles. The average molecular weight is 413 g/mol. The highest BCUT2D eigenvalue weighted by Crippen LogP contribution is 2.33. The van der Waals surface area contributed by atoms with Crippen molar-refractivity contribution >= 4 is 35.1 Å². The summed E-state index contributed by atoms with van der Waals surface area (Å²) in [5.41, 5.74) is 1.13. The highest BCUT2D eigenvalue weighted by molar-refractivity contribution is 7.98. The number of amides is 1. The van der Waals surface area contributed by atoms with E-state index in [0.717, 1.165) is 10.6 Å². The fourth-order valence-electron chi connectivity index (χ4n) is 3.30. The number of hydrogen-bond donors (Lipinski definition) is 0. The van der Waals surface area contributed by atoms with Crippen molar-refractivity contribution < 1.29 is 28.6 Å². The molecule has 0 aromatic heterocycles. The predicted molar refractivity (Wildman–Crippen MR) is 107 cm³/mol. The van der Waals surface area contributed by atoms with E-state index < -0.39 is 11.9 Å². The van der Waals surface area contributed by atoms with Crippen LogP contribution in [-0.4, -0.2) is 43.9 Å². The number of thioether (sulfide) groups is 1. The van der Waals surface area contributed by atoms with E-state index in [1.807, 2.05) is 30.5 Å². The van der Waals surface area contributed by atoms with Gasteiger partial charge in [-0.2, -0.15) is 0 Å². The monoisotopic (exact) mass is 413 g/mol. The first-order chi connectivity index (χ1) is 14.0. The molecule has 0 spiro atoms. The SMILES string of the molecule is CSc1cccc(N2C[C@@H](C(=O)OCC(=O)c3ccc4c(c3)OCO4)CC2=O)c1. The van der Waals surface area contributed by atoms with Gasteiger partial charge < -0.3 is 19.1 Å². The van der Waals surface area contributed by atoms with Gasteiger partial charge in [0, 0.05) is 29.1 Å². The Morgan fingerprint density at radius 3 is 2.83 bits per heavy atom. The molecule has 1 atom stereocenters. The van der Waals surface area contributed by atoms with Crippen molar-refractivity contribution in [1.82, 2.24) is 0 Å². The maximum atomic E-state index is 12.4. The summed E-state index contributed by atoms with van der Waals surface area (Å²) >= 11 is 1.58. The van der Waals surface area contributed by atoms with Crippen LogP contribution in [0.3, 0.4) is 0 Å². The molecule has 0 radical (unpaired) electrons. The minimum Gasteiger partial charge on any atom is -0.457 e. The van der Waals surface area contributed by atoms with Crippen LogP contribution in [0.1, 0.15) is 16.8 Å². The lowest BCUT2D eigenvalue weighted by Gasteiger charge is -2.17. The van der Waals surface area contributed by atoms with Gasteiger partial charge in [-0.05, 0) is 42.7 Å². The molecule has 0 aliphatic carbocycles. The number of rotatable bonds is 6. The Bertz CT molecular complexity index is 975. The van der Waals surface area contributed by atoms with Gasteiger partial charge in [0.15, 0.2) is 23.9 Å². The standard InChI is InChI=1S/C21H19NO6S/c1-29-16-4-2-3-15(9-16)22-10-14(8-20(22)24)21(25)26-11-17(23)13-5-6-18-19(7-13)28-12-27-18/h2-7,9,14H,8,10-12H2,1H3/t14-/m0/s1. The second-order valence-corrected chi connectivity index (χ2v) is 7.59. The van der Waals surface area contributed by atoms with Gasteiger partial charge in [0.1, 0.15) is 0 Å². The topological polar surface area (TPSA) is 82.1 Å². The normalized spacial score (nSPS) is 17.5. The lowest BCUT2D eigenvalue weighted by molar-refractivity contribution is -0.147. The van der Waals surface area contributed by atoms with Gasteiger partial charge in [-0.3, -0.25) is 14.4 Å². The summed E-state index contributed by atoms with van der Waals surface area (Å²) in [5.74, 6) is -0.543. The van der Waals surface area contributed by atoms with E-state index in [0.29, 0.717) is 17.1 Å². The number of nitrogens with zero attached hydrogens (tertiary/aromatic N) is 1. The number of hydrogen-bond acceptors (Lipinski definition) is 7. The van der Waals surface area contributed by atoms with Crippen LogP contribution in [0.15, 0.2) is 47.4 Å². The van der Waals surface area contributed by atoms with Gasteiger partial charge in [-0.25, -0.2) is 0 Å². The molecule has 2 aromatic rings. The fourth-order valence-corrected chi connectivity index (χ4v) is 3.75. The third-order valence-electron chi connectivity index (χ3n) is 4.86. The van der Waals surface area contributed by atoms with Gasteiger partial charge in [-0.1, -0.05) is 6.07 Å². The van der Waals surface area contributed by atoms with Crippen molar-refractivity contribution in [2.24, 2.45) is 5.92 Å². The number of esters is 1. The third-order valence-corrected chi connectivity index (χ3v) is 5.59. The molecule has 2 aromatic carbocycles. The molecule has 7 nitrogen and oxygen atoms in total. The second-order valence-electron chi connectivity index (χ2n) is 6.71. The van der Waals surface area contributed by atoms with Crippen LogP contribution in [0, 0.1) is 5.92 Å². The number of carbonyl (C=O) groups is 3. The van der Waals surface area contributed by atoms with Crippen molar-refractivity contribution in [3.8, 4) is 11.5 Å². The number of ketones is 1. The van der Waals surface area contributed by atoms with Crippen LogP contribution in [0.4, 0.5) is 5.69 Å². The Kier molecular flexibility index (Phi) is 5.44. The summed E-state index contributed by atoms with van der Waals surface area (Å²) in [6.45, 7) is -0.0210. The van der Waals surface area contributed by atoms with E-state index >= 15 is 0 Å². The van der Waals surface area contributed by atoms with E-state index in [1.54, 1.807) is 34.9 Å². The molecule has 1 saturated heterocycles. The summed E-state index contributed by atoms with van der Waals surface area (Å²) in [5, 5.41) is 0. The molecule has 29 heavy (non-hydrogen) atoms. The first-order valence-electron chi connectivity index (χ1n) is 9.09. The van der Waals surface area contributed by atoms with Crippen molar-refractivity contribution in [3.05, 3.63) is 48.0 Å². The Morgan fingerprint density at radius 2 is 2.00 bits per heavy atom. The number of fused-ring (bicyclic) bond motifs is 1.